The van der Waals surface area contributed by atoms with Crippen LogP contribution in [0.15, 0.2) is 48.8 Å². The first-order valence-corrected chi connectivity index (χ1v) is 18.7. The number of carbonyl (C=O) groups is 6. The van der Waals surface area contributed by atoms with Gasteiger partial charge in [0.25, 0.3) is 17.7 Å². The Morgan fingerprint density at radius 3 is 2.51 bits per heavy atom. The van der Waals surface area contributed by atoms with Gasteiger partial charge in [-0.3, -0.25) is 39.0 Å². The van der Waals surface area contributed by atoms with E-state index >= 15 is 0 Å². The maximum Gasteiger partial charge on any atom is 0.268 e. The van der Waals surface area contributed by atoms with Crippen molar-refractivity contribution in [3.05, 3.63) is 65.6 Å². The molecule has 1 saturated carbocycles. The van der Waals surface area contributed by atoms with Crippen molar-refractivity contribution >= 4 is 69.6 Å². The van der Waals surface area contributed by atoms with Gasteiger partial charge in [0.2, 0.25) is 23.7 Å². The fourth-order valence-electron chi connectivity index (χ4n) is 8.64. The minimum Gasteiger partial charge on any atom is -0.375 e. The summed E-state index contributed by atoms with van der Waals surface area (Å²) in [4.78, 5) is 95.5. The number of nitrogens with zero attached hydrogens (tertiary/aromatic N) is 7. The zero-order chi connectivity index (χ0) is 37.8. The molecule has 17 heteroatoms. The molecule has 55 heavy (non-hydrogen) atoms. The van der Waals surface area contributed by atoms with E-state index in [0.29, 0.717) is 55.9 Å². The quantitative estimate of drug-likeness (QED) is 0.201. The topological polar surface area (TPSA) is 204 Å². The Hall–Kier alpha value is -6.39. The molecule has 0 bridgehead atoms. The van der Waals surface area contributed by atoms with Gasteiger partial charge in [-0.15, -0.1) is 0 Å². The van der Waals surface area contributed by atoms with Gasteiger partial charge in [0.05, 0.1) is 35.1 Å². The molecule has 4 aliphatic heterocycles. The van der Waals surface area contributed by atoms with Crippen LogP contribution in [0.1, 0.15) is 76.2 Å². The standard InChI is InChI=1S/C38H39N11O6/c50-29-10-8-26(34(53)44-29)48-35(54)24-5-4-6-25(31(24)36(48)55)39-20-30(51)47-15-13-46(14-16-47)23-7-9-28(40-19-23)43-37-41-18-22-17-27-33(52)42-21-38(11-2-1-3-12-38)49(27)32(22)45-37/h4-7,9,17-19,26,39H,1-3,8,10-16,20-21H2,(H,42,52)(H,44,50,53)(H,40,41,43,45). The summed E-state index contributed by atoms with van der Waals surface area (Å²) < 4.78 is 2.14. The molecule has 1 aliphatic carbocycles. The minimum absolute atomic E-state index is 0.0308. The van der Waals surface area contributed by atoms with E-state index in [2.05, 4.69) is 40.7 Å². The molecule has 7 heterocycles. The van der Waals surface area contributed by atoms with Gasteiger partial charge in [0.15, 0.2) is 0 Å². The van der Waals surface area contributed by atoms with E-state index in [4.69, 9.17) is 4.98 Å². The average Bonchev–Trinajstić information content (AvgIpc) is 3.72. The fraction of sp³-hybridized carbons (Fsp3) is 0.395. The molecule has 1 spiro atoms. The highest BCUT2D eigenvalue weighted by molar-refractivity contribution is 6.25. The molecule has 9 rings (SSSR count). The number of hydrogen-bond donors (Lipinski definition) is 4. The van der Waals surface area contributed by atoms with Crippen LogP contribution in [0.2, 0.25) is 0 Å². The van der Waals surface area contributed by atoms with Gasteiger partial charge >= 0.3 is 0 Å². The summed E-state index contributed by atoms with van der Waals surface area (Å²) in [6.07, 6.45) is 9.02. The van der Waals surface area contributed by atoms with Gasteiger partial charge < -0.3 is 30.3 Å². The number of aromatic nitrogens is 4. The first-order chi connectivity index (χ1) is 26.7. The Kier molecular flexibility index (Phi) is 8.42. The largest absolute Gasteiger partial charge is 0.375 e. The molecule has 1 aromatic carbocycles. The highest BCUT2D eigenvalue weighted by Gasteiger charge is 2.46. The van der Waals surface area contributed by atoms with Crippen LogP contribution in [0.4, 0.5) is 23.1 Å². The lowest BCUT2D eigenvalue weighted by Crippen LogP contribution is -2.54. The van der Waals surface area contributed by atoms with Crippen LogP contribution in [0.3, 0.4) is 0 Å². The van der Waals surface area contributed by atoms with Crippen molar-refractivity contribution in [1.29, 1.82) is 0 Å². The zero-order valence-electron chi connectivity index (χ0n) is 30.0. The number of fused-ring (bicyclic) bond motifs is 5. The lowest BCUT2D eigenvalue weighted by molar-refractivity contribution is -0.136. The molecule has 282 valence electrons. The Bertz CT molecular complexity index is 2270. The summed E-state index contributed by atoms with van der Waals surface area (Å²) in [6, 6.07) is 9.38. The SMILES string of the molecule is O=C1CCC(N2C(=O)c3cccc(NCC(=O)N4CCN(c5ccc(Nc6ncc7cc8n(c7n6)C6(CCCCC6)CNC8=O)nc5)CC4)c3C2=O)C(=O)N1. The first kappa shape index (κ1) is 34.4. The van der Waals surface area contributed by atoms with Crippen molar-refractivity contribution < 1.29 is 28.8 Å². The molecule has 6 amide bonds. The van der Waals surface area contributed by atoms with Crippen LogP contribution in [-0.2, 0) is 19.9 Å². The van der Waals surface area contributed by atoms with Crippen molar-refractivity contribution in [3.8, 4) is 0 Å². The number of rotatable bonds is 7. The summed E-state index contributed by atoms with van der Waals surface area (Å²) in [5.74, 6) is -1.63. The lowest BCUT2D eigenvalue weighted by atomic mass is 9.80. The molecule has 2 saturated heterocycles. The third-order valence-electron chi connectivity index (χ3n) is 11.5. The number of imide groups is 2. The van der Waals surface area contributed by atoms with Crippen LogP contribution < -0.4 is 26.2 Å². The molecule has 0 radical (unpaired) electrons. The van der Waals surface area contributed by atoms with Crippen molar-refractivity contribution in [2.24, 2.45) is 0 Å². The minimum atomic E-state index is -1.07. The van der Waals surface area contributed by atoms with Crippen LogP contribution in [0.25, 0.3) is 11.0 Å². The van der Waals surface area contributed by atoms with Crippen molar-refractivity contribution in [1.82, 2.24) is 40.0 Å². The van der Waals surface area contributed by atoms with Gasteiger partial charge in [-0.25, -0.2) is 9.97 Å². The van der Waals surface area contributed by atoms with Crippen LogP contribution in [0.5, 0.6) is 0 Å². The first-order valence-electron chi connectivity index (χ1n) is 18.7. The number of hydrogen-bond acceptors (Lipinski definition) is 12. The van der Waals surface area contributed by atoms with Crippen molar-refractivity contribution in [2.75, 3.05) is 54.8 Å². The Morgan fingerprint density at radius 2 is 1.75 bits per heavy atom. The van der Waals surface area contributed by atoms with E-state index in [1.54, 1.807) is 29.4 Å². The van der Waals surface area contributed by atoms with Gasteiger partial charge in [-0.05, 0) is 49.6 Å². The molecule has 4 aromatic rings. The molecule has 3 fully saturated rings. The number of piperidine rings is 1. The van der Waals surface area contributed by atoms with E-state index < -0.39 is 29.7 Å². The Morgan fingerprint density at radius 1 is 0.927 bits per heavy atom. The maximum absolute atomic E-state index is 13.4. The number of amides is 6. The van der Waals surface area contributed by atoms with Gasteiger partial charge in [-0.2, -0.15) is 4.98 Å². The maximum atomic E-state index is 13.4. The summed E-state index contributed by atoms with van der Waals surface area (Å²) in [7, 11) is 0. The molecule has 5 aliphatic rings. The predicted octanol–water partition coefficient (Wildman–Crippen LogP) is 2.13. The van der Waals surface area contributed by atoms with E-state index in [-0.39, 0.29) is 47.9 Å². The second-order valence-electron chi connectivity index (χ2n) is 14.7. The number of carbonyl (C=O) groups excluding carboxylic acids is 6. The molecular formula is C38H39N11O6. The van der Waals surface area contributed by atoms with E-state index in [9.17, 15) is 28.8 Å². The van der Waals surface area contributed by atoms with Crippen LogP contribution >= 0.6 is 0 Å². The Balaban J connectivity index is 0.810. The number of pyridine rings is 1. The highest BCUT2D eigenvalue weighted by atomic mass is 16.2. The monoisotopic (exact) mass is 745 g/mol. The molecule has 1 unspecified atom stereocenters. The number of nitrogens with one attached hydrogen (secondary N) is 4. The van der Waals surface area contributed by atoms with Crippen LogP contribution in [0, 0.1) is 0 Å². The number of benzene rings is 1. The molecular weight excluding hydrogens is 706 g/mol. The number of anilines is 4. The Labute approximate surface area is 314 Å². The smallest absolute Gasteiger partial charge is 0.268 e. The lowest BCUT2D eigenvalue weighted by Gasteiger charge is -2.42. The normalized spacial score (nSPS) is 20.7. The molecule has 1 atom stereocenters. The van der Waals surface area contributed by atoms with E-state index in [1.807, 2.05) is 18.2 Å². The zero-order valence-corrected chi connectivity index (χ0v) is 30.0. The molecule has 17 nitrogen and oxygen atoms in total. The van der Waals surface area contributed by atoms with Crippen molar-refractivity contribution in [3.63, 3.8) is 0 Å². The van der Waals surface area contributed by atoms with E-state index in [1.165, 1.54) is 12.5 Å². The molecule has 3 aromatic heterocycles. The average molecular weight is 746 g/mol. The highest BCUT2D eigenvalue weighted by Crippen LogP contribution is 2.40. The van der Waals surface area contributed by atoms with Crippen LogP contribution in [-0.4, -0.2) is 110 Å². The van der Waals surface area contributed by atoms with E-state index in [0.717, 1.165) is 47.3 Å². The second-order valence-corrected chi connectivity index (χ2v) is 14.7. The summed E-state index contributed by atoms with van der Waals surface area (Å²) in [5, 5.41) is 12.4. The third-order valence-corrected chi connectivity index (χ3v) is 11.5. The second kappa shape index (κ2) is 13.5. The van der Waals surface area contributed by atoms with Gasteiger partial charge in [0.1, 0.15) is 23.2 Å². The summed E-state index contributed by atoms with van der Waals surface area (Å²) in [6.45, 7) is 2.64. The van der Waals surface area contributed by atoms with Crippen molar-refractivity contribution in [2.45, 2.75) is 56.5 Å². The summed E-state index contributed by atoms with van der Waals surface area (Å²) >= 11 is 0. The van der Waals surface area contributed by atoms with Gasteiger partial charge in [0, 0.05) is 56.4 Å². The summed E-state index contributed by atoms with van der Waals surface area (Å²) in [5.41, 5.74) is 2.69. The predicted molar refractivity (Wildman–Crippen MR) is 199 cm³/mol. The third kappa shape index (κ3) is 5.99. The number of piperazine rings is 1. The molecule has 4 N–H and O–H groups in total. The van der Waals surface area contributed by atoms with Gasteiger partial charge in [-0.1, -0.05) is 25.3 Å². The fourth-order valence-corrected chi connectivity index (χ4v) is 8.64.